The Balaban J connectivity index is 2.14. The molecular weight excluding hydrogens is 292 g/mol. The summed E-state index contributed by atoms with van der Waals surface area (Å²) in [6, 6.07) is 5.94. The third-order valence-corrected chi connectivity index (χ3v) is 4.77. The van der Waals surface area contributed by atoms with Crippen LogP contribution in [0.4, 0.5) is 0 Å². The van der Waals surface area contributed by atoms with Crippen LogP contribution < -0.4 is 0 Å². The van der Waals surface area contributed by atoms with Gasteiger partial charge in [0.2, 0.25) is 0 Å². The number of benzene rings is 1. The van der Waals surface area contributed by atoms with Gasteiger partial charge in [0.15, 0.2) is 9.84 Å². The summed E-state index contributed by atoms with van der Waals surface area (Å²) in [5.74, 6) is -0.123. The fourth-order valence-electron chi connectivity index (χ4n) is 2.38. The van der Waals surface area contributed by atoms with Gasteiger partial charge in [0.1, 0.15) is 0 Å². The predicted molar refractivity (Wildman–Crippen MR) is 78.5 cm³/mol. The minimum atomic E-state index is -3.26. The molecule has 7 heteroatoms. The molecule has 1 saturated heterocycles. The van der Waals surface area contributed by atoms with Gasteiger partial charge in [-0.25, -0.2) is 8.42 Å². The number of carbonyl (C=O) groups excluding carboxylic acids is 1. The van der Waals surface area contributed by atoms with E-state index in [0.29, 0.717) is 30.8 Å². The van der Waals surface area contributed by atoms with Crippen LogP contribution in [0.15, 0.2) is 34.3 Å². The summed E-state index contributed by atoms with van der Waals surface area (Å²) < 4.78 is 22.8. The Morgan fingerprint density at radius 3 is 2.43 bits per heavy atom. The zero-order valence-corrected chi connectivity index (χ0v) is 12.8. The van der Waals surface area contributed by atoms with Crippen LogP contribution in [0.25, 0.3) is 0 Å². The zero-order chi connectivity index (χ0) is 15.6. The Kier molecular flexibility index (Phi) is 4.32. The van der Waals surface area contributed by atoms with E-state index in [9.17, 15) is 13.2 Å². The van der Waals surface area contributed by atoms with E-state index in [2.05, 4.69) is 5.16 Å². The quantitative estimate of drug-likeness (QED) is 0.661. The van der Waals surface area contributed by atoms with Crippen molar-refractivity contribution in [1.29, 1.82) is 0 Å². The van der Waals surface area contributed by atoms with Crippen LogP contribution in [0, 0.1) is 5.92 Å². The SMILES string of the molecule is CC1CN(C(=O)c2ccc(S(C)(=O)=O)cc2)CC/C1=N\O. The molecule has 1 atom stereocenters. The fraction of sp³-hybridized carbons (Fsp3) is 0.429. The summed E-state index contributed by atoms with van der Waals surface area (Å²) >= 11 is 0. The summed E-state index contributed by atoms with van der Waals surface area (Å²) in [6.07, 6.45) is 1.68. The molecule has 2 rings (SSSR count). The molecule has 1 aliphatic rings. The topological polar surface area (TPSA) is 87.0 Å². The monoisotopic (exact) mass is 310 g/mol. The fourth-order valence-corrected chi connectivity index (χ4v) is 3.01. The number of hydrogen-bond donors (Lipinski definition) is 1. The maximum Gasteiger partial charge on any atom is 0.253 e. The number of hydrogen-bond acceptors (Lipinski definition) is 5. The second-order valence-corrected chi connectivity index (χ2v) is 7.31. The van der Waals surface area contributed by atoms with Crippen molar-refractivity contribution in [2.24, 2.45) is 11.1 Å². The summed E-state index contributed by atoms with van der Waals surface area (Å²) in [4.78, 5) is 14.3. The average Bonchev–Trinajstić information content (AvgIpc) is 2.45. The van der Waals surface area contributed by atoms with Crippen LogP contribution in [-0.2, 0) is 9.84 Å². The van der Waals surface area contributed by atoms with Gasteiger partial charge in [-0.2, -0.15) is 0 Å². The molecule has 0 bridgehead atoms. The molecule has 1 heterocycles. The van der Waals surface area contributed by atoms with E-state index in [4.69, 9.17) is 5.21 Å². The minimum Gasteiger partial charge on any atom is -0.411 e. The van der Waals surface area contributed by atoms with Gasteiger partial charge in [0, 0.05) is 37.2 Å². The molecule has 1 aromatic rings. The number of likely N-dealkylation sites (tertiary alicyclic amines) is 1. The highest BCUT2D eigenvalue weighted by Gasteiger charge is 2.26. The molecule has 1 aliphatic heterocycles. The molecule has 114 valence electrons. The van der Waals surface area contributed by atoms with Crippen LogP contribution in [0.5, 0.6) is 0 Å². The summed E-state index contributed by atoms with van der Waals surface area (Å²) in [7, 11) is -3.26. The second-order valence-electron chi connectivity index (χ2n) is 5.29. The van der Waals surface area contributed by atoms with Crippen molar-refractivity contribution in [2.75, 3.05) is 19.3 Å². The molecule has 0 aromatic heterocycles. The third-order valence-electron chi connectivity index (χ3n) is 3.65. The molecular formula is C14H18N2O4S. The first-order valence-corrected chi connectivity index (χ1v) is 8.52. The molecule has 6 nitrogen and oxygen atoms in total. The number of amides is 1. The Hall–Kier alpha value is -1.89. The highest BCUT2D eigenvalue weighted by Crippen LogP contribution is 2.18. The lowest BCUT2D eigenvalue weighted by molar-refractivity contribution is 0.0734. The molecule has 1 aromatic carbocycles. The lowest BCUT2D eigenvalue weighted by Crippen LogP contribution is -2.43. The van der Waals surface area contributed by atoms with Crippen molar-refractivity contribution in [3.05, 3.63) is 29.8 Å². The van der Waals surface area contributed by atoms with E-state index in [1.807, 2.05) is 6.92 Å². The maximum atomic E-state index is 12.4. The van der Waals surface area contributed by atoms with Crippen LogP contribution >= 0.6 is 0 Å². The van der Waals surface area contributed by atoms with Crippen molar-refractivity contribution in [3.63, 3.8) is 0 Å². The third kappa shape index (κ3) is 3.41. The van der Waals surface area contributed by atoms with Crippen LogP contribution in [0.1, 0.15) is 23.7 Å². The van der Waals surface area contributed by atoms with Gasteiger partial charge in [-0.05, 0) is 24.3 Å². The molecule has 0 saturated carbocycles. The Morgan fingerprint density at radius 1 is 1.33 bits per heavy atom. The highest BCUT2D eigenvalue weighted by atomic mass is 32.2. The van der Waals surface area contributed by atoms with E-state index in [1.54, 1.807) is 4.90 Å². The molecule has 1 N–H and O–H groups in total. The lowest BCUT2D eigenvalue weighted by atomic mass is 9.97. The van der Waals surface area contributed by atoms with Gasteiger partial charge in [-0.3, -0.25) is 4.79 Å². The average molecular weight is 310 g/mol. The number of rotatable bonds is 2. The normalized spacial score (nSPS) is 21.5. The molecule has 1 fully saturated rings. The first-order chi connectivity index (χ1) is 9.82. The van der Waals surface area contributed by atoms with E-state index >= 15 is 0 Å². The predicted octanol–water partition coefficient (Wildman–Crippen LogP) is 1.40. The van der Waals surface area contributed by atoms with Crippen LogP contribution in [-0.4, -0.2) is 49.5 Å². The minimum absolute atomic E-state index is 0.0167. The largest absolute Gasteiger partial charge is 0.411 e. The summed E-state index contributed by atoms with van der Waals surface area (Å²) in [5, 5.41) is 12.1. The molecule has 1 unspecified atom stereocenters. The van der Waals surface area contributed by atoms with Crippen molar-refractivity contribution in [1.82, 2.24) is 4.90 Å². The van der Waals surface area contributed by atoms with Crippen molar-refractivity contribution < 1.29 is 18.4 Å². The smallest absolute Gasteiger partial charge is 0.253 e. The molecule has 1 amide bonds. The van der Waals surface area contributed by atoms with Gasteiger partial charge >= 0.3 is 0 Å². The maximum absolute atomic E-state index is 12.4. The van der Waals surface area contributed by atoms with Crippen LogP contribution in [0.2, 0.25) is 0 Å². The summed E-state index contributed by atoms with van der Waals surface area (Å²) in [6.45, 7) is 2.89. The Labute approximate surface area is 124 Å². The number of sulfone groups is 1. The van der Waals surface area contributed by atoms with Gasteiger partial charge in [0.05, 0.1) is 10.6 Å². The molecule has 21 heavy (non-hydrogen) atoms. The first-order valence-electron chi connectivity index (χ1n) is 6.63. The number of carbonyl (C=O) groups is 1. The first kappa shape index (κ1) is 15.5. The standard InChI is InChI=1S/C14H18N2O4S/c1-10-9-16(8-7-13(10)15-18)14(17)11-3-5-12(6-4-11)21(2,19)20/h3-6,10,18H,7-9H2,1-2H3/b15-13+. The van der Waals surface area contributed by atoms with Crippen molar-refractivity contribution in [2.45, 2.75) is 18.2 Å². The van der Waals surface area contributed by atoms with Gasteiger partial charge < -0.3 is 10.1 Å². The van der Waals surface area contributed by atoms with E-state index in [1.165, 1.54) is 24.3 Å². The van der Waals surface area contributed by atoms with Crippen molar-refractivity contribution in [3.8, 4) is 0 Å². The van der Waals surface area contributed by atoms with Crippen LogP contribution in [0.3, 0.4) is 0 Å². The Morgan fingerprint density at radius 2 is 1.95 bits per heavy atom. The van der Waals surface area contributed by atoms with E-state index in [-0.39, 0.29) is 16.7 Å². The molecule has 0 radical (unpaired) electrons. The number of oxime groups is 1. The van der Waals surface area contributed by atoms with E-state index < -0.39 is 9.84 Å². The second kappa shape index (κ2) is 5.85. The number of nitrogens with zero attached hydrogens (tertiary/aromatic N) is 2. The van der Waals surface area contributed by atoms with Gasteiger partial charge in [0.25, 0.3) is 5.91 Å². The van der Waals surface area contributed by atoms with E-state index in [0.717, 1.165) is 6.26 Å². The Bertz CT molecular complexity index is 665. The summed E-state index contributed by atoms with van der Waals surface area (Å²) in [5.41, 5.74) is 1.16. The van der Waals surface area contributed by atoms with Crippen molar-refractivity contribution >= 4 is 21.5 Å². The van der Waals surface area contributed by atoms with Gasteiger partial charge in [-0.1, -0.05) is 12.1 Å². The molecule has 0 spiro atoms. The molecule has 0 aliphatic carbocycles. The highest BCUT2D eigenvalue weighted by molar-refractivity contribution is 7.90. The number of piperidine rings is 1. The lowest BCUT2D eigenvalue weighted by Gasteiger charge is -2.31. The zero-order valence-electron chi connectivity index (χ0n) is 12.0. The van der Waals surface area contributed by atoms with Gasteiger partial charge in [-0.15, -0.1) is 0 Å².